The molecule has 4 aliphatic rings. The summed E-state index contributed by atoms with van der Waals surface area (Å²) in [6, 6.07) is 14.9. The number of carbonyl (C=O) groups excluding carboxylic acids is 1. The molecule has 0 N–H and O–H groups in total. The normalized spacial score (nSPS) is 22.7. The fourth-order valence-electron chi connectivity index (χ4n) is 5.56. The van der Waals surface area contributed by atoms with Crippen molar-refractivity contribution in [3.05, 3.63) is 48.0 Å². The molecule has 6 nitrogen and oxygen atoms in total. The van der Waals surface area contributed by atoms with Crippen molar-refractivity contribution in [1.82, 2.24) is 4.90 Å². The highest BCUT2D eigenvalue weighted by Gasteiger charge is 2.35. The van der Waals surface area contributed by atoms with Crippen molar-refractivity contribution in [2.75, 3.05) is 55.7 Å². The lowest BCUT2D eigenvalue weighted by atomic mass is 9.94. The maximum Gasteiger partial charge on any atom is 0.227 e. The van der Waals surface area contributed by atoms with E-state index in [0.29, 0.717) is 31.5 Å². The van der Waals surface area contributed by atoms with Gasteiger partial charge in [-0.3, -0.25) is 9.69 Å². The molecule has 2 aromatic rings. The second-order valence-corrected chi connectivity index (χ2v) is 9.82. The van der Waals surface area contributed by atoms with E-state index < -0.39 is 0 Å². The molecule has 0 aromatic heterocycles. The molecule has 1 aliphatic carbocycles. The van der Waals surface area contributed by atoms with Crippen LogP contribution in [0.4, 0.5) is 11.4 Å². The van der Waals surface area contributed by atoms with Gasteiger partial charge in [0.1, 0.15) is 13.2 Å². The number of benzene rings is 2. The minimum atomic E-state index is 0.263. The summed E-state index contributed by atoms with van der Waals surface area (Å²) < 4.78 is 11.7. The van der Waals surface area contributed by atoms with Gasteiger partial charge in [0.25, 0.3) is 0 Å². The van der Waals surface area contributed by atoms with E-state index in [9.17, 15) is 4.79 Å². The van der Waals surface area contributed by atoms with Crippen molar-refractivity contribution in [2.45, 2.75) is 38.1 Å². The highest BCUT2D eigenvalue weighted by atomic mass is 16.6. The molecule has 2 fully saturated rings. The smallest absolute Gasteiger partial charge is 0.227 e. The second-order valence-electron chi connectivity index (χ2n) is 9.82. The zero-order valence-electron chi connectivity index (χ0n) is 19.2. The van der Waals surface area contributed by atoms with Crippen LogP contribution in [0.3, 0.4) is 0 Å². The summed E-state index contributed by atoms with van der Waals surface area (Å²) in [5.41, 5.74) is 3.60. The van der Waals surface area contributed by atoms with Crippen molar-refractivity contribution in [2.24, 2.45) is 5.92 Å². The molecule has 0 bridgehead atoms. The number of para-hydroxylation sites is 2. The standard InChI is InChI=1S/C27H33N3O3/c31-26(18-20-8-9-20)30-22(11-10-21-4-1-2-5-23(21)30)19-28-12-14-29(15-13-28)24-6-3-7-25-27(24)33-17-16-32-25/h1-7,20,22H,8-19H2. The Labute approximate surface area is 196 Å². The predicted molar refractivity (Wildman–Crippen MR) is 129 cm³/mol. The minimum absolute atomic E-state index is 0.263. The molecule has 0 radical (unpaired) electrons. The zero-order valence-corrected chi connectivity index (χ0v) is 19.2. The number of amides is 1. The van der Waals surface area contributed by atoms with Gasteiger partial charge in [0.15, 0.2) is 11.5 Å². The van der Waals surface area contributed by atoms with Crippen LogP contribution >= 0.6 is 0 Å². The van der Waals surface area contributed by atoms with Crippen LogP contribution in [0.1, 0.15) is 31.2 Å². The van der Waals surface area contributed by atoms with E-state index in [2.05, 4.69) is 51.1 Å². The number of hydrogen-bond donors (Lipinski definition) is 0. The number of piperazine rings is 1. The molecule has 33 heavy (non-hydrogen) atoms. The molecule has 3 aliphatic heterocycles. The predicted octanol–water partition coefficient (Wildman–Crippen LogP) is 3.73. The highest BCUT2D eigenvalue weighted by molar-refractivity contribution is 5.95. The fourth-order valence-corrected chi connectivity index (χ4v) is 5.56. The third-order valence-corrected chi connectivity index (χ3v) is 7.52. The van der Waals surface area contributed by atoms with Gasteiger partial charge in [0.2, 0.25) is 5.91 Å². The van der Waals surface area contributed by atoms with Gasteiger partial charge in [-0.25, -0.2) is 0 Å². The van der Waals surface area contributed by atoms with E-state index in [4.69, 9.17) is 9.47 Å². The molecule has 6 rings (SSSR count). The molecule has 1 atom stereocenters. The fraction of sp³-hybridized carbons (Fsp3) is 0.519. The molecule has 1 saturated heterocycles. The molecular weight excluding hydrogens is 414 g/mol. The summed E-state index contributed by atoms with van der Waals surface area (Å²) in [5.74, 6) is 2.67. The number of ether oxygens (including phenoxy) is 2. The first kappa shape index (κ1) is 20.8. The molecule has 6 heteroatoms. The van der Waals surface area contributed by atoms with Crippen LogP contribution in [0.25, 0.3) is 0 Å². The Morgan fingerprint density at radius 2 is 1.67 bits per heavy atom. The van der Waals surface area contributed by atoms with Crippen LogP contribution in [0.5, 0.6) is 11.5 Å². The Morgan fingerprint density at radius 3 is 2.52 bits per heavy atom. The van der Waals surface area contributed by atoms with Crippen LogP contribution < -0.4 is 19.3 Å². The summed E-state index contributed by atoms with van der Waals surface area (Å²) in [4.78, 5) is 20.4. The lowest BCUT2D eigenvalue weighted by Gasteiger charge is -2.43. The molecule has 1 amide bonds. The van der Waals surface area contributed by atoms with Gasteiger partial charge in [0, 0.05) is 50.9 Å². The number of carbonyl (C=O) groups is 1. The van der Waals surface area contributed by atoms with E-state index in [1.54, 1.807) is 0 Å². The number of hydrogen-bond acceptors (Lipinski definition) is 5. The number of rotatable bonds is 5. The van der Waals surface area contributed by atoms with E-state index in [1.165, 1.54) is 18.4 Å². The Kier molecular flexibility index (Phi) is 5.62. The first-order chi connectivity index (χ1) is 16.3. The first-order valence-corrected chi connectivity index (χ1v) is 12.5. The van der Waals surface area contributed by atoms with Gasteiger partial charge < -0.3 is 19.3 Å². The van der Waals surface area contributed by atoms with Gasteiger partial charge in [0.05, 0.1) is 5.69 Å². The highest BCUT2D eigenvalue weighted by Crippen LogP contribution is 2.40. The van der Waals surface area contributed by atoms with E-state index in [1.807, 2.05) is 6.07 Å². The van der Waals surface area contributed by atoms with E-state index in [0.717, 1.165) is 68.4 Å². The van der Waals surface area contributed by atoms with Crippen LogP contribution in [-0.4, -0.2) is 62.8 Å². The number of aryl methyl sites for hydroxylation is 1. The number of fused-ring (bicyclic) bond motifs is 2. The molecule has 174 valence electrons. The summed E-state index contributed by atoms with van der Waals surface area (Å²) >= 11 is 0. The third kappa shape index (κ3) is 4.29. The molecular formula is C27H33N3O3. The lowest BCUT2D eigenvalue weighted by Crippen LogP contribution is -2.54. The Hall–Kier alpha value is -2.73. The zero-order chi connectivity index (χ0) is 22.2. The van der Waals surface area contributed by atoms with Crippen molar-refractivity contribution in [3.63, 3.8) is 0 Å². The second kappa shape index (κ2) is 8.90. The van der Waals surface area contributed by atoms with E-state index >= 15 is 0 Å². The Balaban J connectivity index is 1.14. The quantitative estimate of drug-likeness (QED) is 0.699. The van der Waals surface area contributed by atoms with Crippen molar-refractivity contribution < 1.29 is 14.3 Å². The monoisotopic (exact) mass is 447 g/mol. The summed E-state index contributed by atoms with van der Waals surface area (Å²) in [6.45, 7) is 6.08. The van der Waals surface area contributed by atoms with Crippen LogP contribution in [0, 0.1) is 5.92 Å². The van der Waals surface area contributed by atoms with Crippen molar-refractivity contribution in [1.29, 1.82) is 0 Å². The number of nitrogens with zero attached hydrogens (tertiary/aromatic N) is 3. The summed E-state index contributed by atoms with van der Waals surface area (Å²) in [5, 5.41) is 0. The average Bonchev–Trinajstić information content (AvgIpc) is 3.68. The van der Waals surface area contributed by atoms with Gasteiger partial charge in [-0.15, -0.1) is 0 Å². The lowest BCUT2D eigenvalue weighted by molar-refractivity contribution is -0.119. The van der Waals surface area contributed by atoms with Crippen LogP contribution in [-0.2, 0) is 11.2 Å². The van der Waals surface area contributed by atoms with Gasteiger partial charge in [-0.05, 0) is 55.4 Å². The third-order valence-electron chi connectivity index (χ3n) is 7.52. The first-order valence-electron chi connectivity index (χ1n) is 12.5. The largest absolute Gasteiger partial charge is 0.486 e. The molecule has 1 unspecified atom stereocenters. The minimum Gasteiger partial charge on any atom is -0.486 e. The van der Waals surface area contributed by atoms with E-state index in [-0.39, 0.29) is 6.04 Å². The van der Waals surface area contributed by atoms with Crippen molar-refractivity contribution >= 4 is 17.3 Å². The van der Waals surface area contributed by atoms with Crippen LogP contribution in [0.2, 0.25) is 0 Å². The van der Waals surface area contributed by atoms with Gasteiger partial charge in [-0.1, -0.05) is 24.3 Å². The van der Waals surface area contributed by atoms with Gasteiger partial charge >= 0.3 is 0 Å². The summed E-state index contributed by atoms with van der Waals surface area (Å²) in [7, 11) is 0. The molecule has 1 saturated carbocycles. The molecule has 0 spiro atoms. The maximum absolute atomic E-state index is 13.3. The van der Waals surface area contributed by atoms with Gasteiger partial charge in [-0.2, -0.15) is 0 Å². The maximum atomic E-state index is 13.3. The number of anilines is 2. The Morgan fingerprint density at radius 1 is 0.879 bits per heavy atom. The van der Waals surface area contributed by atoms with Crippen molar-refractivity contribution in [3.8, 4) is 11.5 Å². The topological polar surface area (TPSA) is 45.3 Å². The Bertz CT molecular complexity index is 1010. The summed E-state index contributed by atoms with van der Waals surface area (Å²) in [6.07, 6.45) is 5.24. The molecule has 3 heterocycles. The van der Waals surface area contributed by atoms with Crippen LogP contribution in [0.15, 0.2) is 42.5 Å². The average molecular weight is 448 g/mol. The molecule has 2 aromatic carbocycles. The SMILES string of the molecule is O=C(CC1CC1)N1c2ccccc2CCC1CN1CCN(c2cccc3c2OCCO3)CC1.